The Bertz CT molecular complexity index is 1030. The fourth-order valence-electron chi connectivity index (χ4n) is 3.49. The number of fused-ring (bicyclic) bond motifs is 1. The van der Waals surface area contributed by atoms with Crippen LogP contribution in [0.25, 0.3) is 15.9 Å². The molecule has 1 aromatic carbocycles. The summed E-state index contributed by atoms with van der Waals surface area (Å²) in [6, 6.07) is 8.78. The van der Waals surface area contributed by atoms with Crippen LogP contribution in [0.2, 0.25) is 0 Å². The number of nitrogens with zero attached hydrogens (tertiary/aromatic N) is 5. The van der Waals surface area contributed by atoms with Crippen LogP contribution in [0.1, 0.15) is 12.1 Å². The number of benzene rings is 1. The van der Waals surface area contributed by atoms with Gasteiger partial charge in [0.1, 0.15) is 11.9 Å². The summed E-state index contributed by atoms with van der Waals surface area (Å²) < 4.78 is 21.2. The maximum atomic E-state index is 13.9. The van der Waals surface area contributed by atoms with Gasteiger partial charge in [0.05, 0.1) is 43.0 Å². The second-order valence-electron chi connectivity index (χ2n) is 6.89. The van der Waals surface area contributed by atoms with Crippen molar-refractivity contribution in [2.45, 2.75) is 25.2 Å². The van der Waals surface area contributed by atoms with Gasteiger partial charge in [-0.15, -0.1) is 0 Å². The molecule has 2 atom stereocenters. The standard InChI is InChI=1S/C20H21FN6O/c1-23-13-3-4-14(24-10-13)11-27-19-6-5-15(28-2)9-18(19)25-20(27)26-8-7-16(21)17(22)12-26/h3-6,9-10,16-17H,7-8,11-12,22H2,2H3/t16-,17+/m0/s1. The second kappa shape index (κ2) is 7.44. The normalized spacial score (nSPS) is 19.6. The van der Waals surface area contributed by atoms with E-state index < -0.39 is 12.2 Å². The molecule has 4 rings (SSSR count). The zero-order chi connectivity index (χ0) is 19.7. The number of hydrogen-bond donors (Lipinski definition) is 1. The van der Waals surface area contributed by atoms with Gasteiger partial charge in [-0.25, -0.2) is 14.2 Å². The molecule has 144 valence electrons. The Hall–Kier alpha value is -3.18. The molecule has 0 saturated carbocycles. The lowest BCUT2D eigenvalue weighted by Crippen LogP contribution is -2.50. The molecule has 1 saturated heterocycles. The Labute approximate surface area is 162 Å². The summed E-state index contributed by atoms with van der Waals surface area (Å²) in [5, 5.41) is 0. The van der Waals surface area contributed by atoms with Gasteiger partial charge < -0.3 is 19.9 Å². The molecule has 3 heterocycles. The van der Waals surface area contributed by atoms with Crippen molar-refractivity contribution in [2.24, 2.45) is 5.73 Å². The van der Waals surface area contributed by atoms with E-state index >= 15 is 0 Å². The van der Waals surface area contributed by atoms with Gasteiger partial charge in [-0.2, -0.15) is 0 Å². The van der Waals surface area contributed by atoms with Crippen LogP contribution in [0.4, 0.5) is 16.0 Å². The fourth-order valence-corrected chi connectivity index (χ4v) is 3.49. The van der Waals surface area contributed by atoms with Gasteiger partial charge >= 0.3 is 0 Å². The highest BCUT2D eigenvalue weighted by Gasteiger charge is 2.29. The number of hydrogen-bond acceptors (Lipinski definition) is 5. The number of halogens is 1. The Kier molecular flexibility index (Phi) is 4.84. The molecule has 0 unspecified atom stereocenters. The molecule has 1 aliphatic rings. The molecule has 0 aliphatic carbocycles. The third-order valence-electron chi connectivity index (χ3n) is 5.05. The molecular weight excluding hydrogens is 359 g/mol. The minimum Gasteiger partial charge on any atom is -0.497 e. The van der Waals surface area contributed by atoms with Gasteiger partial charge in [0.15, 0.2) is 0 Å². The Balaban J connectivity index is 1.76. The van der Waals surface area contributed by atoms with Crippen LogP contribution < -0.4 is 15.4 Å². The smallest absolute Gasteiger partial charge is 0.206 e. The first kappa shape index (κ1) is 18.2. The van der Waals surface area contributed by atoms with Crippen molar-refractivity contribution >= 4 is 22.7 Å². The largest absolute Gasteiger partial charge is 0.497 e. The zero-order valence-electron chi connectivity index (χ0n) is 15.5. The molecule has 0 spiro atoms. The van der Waals surface area contributed by atoms with Gasteiger partial charge in [-0.05, 0) is 24.6 Å². The SMILES string of the molecule is [C-]#[N+]c1ccc(Cn2c(N3CC[C@H](F)[C@H](N)C3)nc3cc(OC)ccc32)nc1. The number of nitrogens with two attached hydrogens (primary N) is 1. The Morgan fingerprint density at radius 2 is 2.21 bits per heavy atom. The number of anilines is 1. The molecule has 0 bridgehead atoms. The molecule has 0 radical (unpaired) electrons. The average molecular weight is 380 g/mol. The number of piperidine rings is 1. The van der Waals surface area contributed by atoms with E-state index in [2.05, 4.69) is 14.4 Å². The number of aromatic nitrogens is 3. The van der Waals surface area contributed by atoms with Crippen molar-refractivity contribution in [3.8, 4) is 5.75 Å². The van der Waals surface area contributed by atoms with Crippen LogP contribution in [0.15, 0.2) is 36.5 Å². The van der Waals surface area contributed by atoms with Crippen molar-refractivity contribution in [1.29, 1.82) is 0 Å². The maximum Gasteiger partial charge on any atom is 0.206 e. The topological polar surface area (TPSA) is 73.6 Å². The van der Waals surface area contributed by atoms with Crippen molar-refractivity contribution in [1.82, 2.24) is 14.5 Å². The predicted octanol–water partition coefficient (Wildman–Crippen LogP) is 2.91. The number of pyridine rings is 1. The van der Waals surface area contributed by atoms with E-state index in [4.69, 9.17) is 22.0 Å². The van der Waals surface area contributed by atoms with E-state index in [1.165, 1.54) is 0 Å². The van der Waals surface area contributed by atoms with Crippen LogP contribution >= 0.6 is 0 Å². The number of rotatable bonds is 4. The number of ether oxygens (including phenoxy) is 1. The monoisotopic (exact) mass is 380 g/mol. The average Bonchev–Trinajstić information content (AvgIpc) is 3.08. The van der Waals surface area contributed by atoms with Crippen LogP contribution in [-0.2, 0) is 6.54 Å². The van der Waals surface area contributed by atoms with E-state index in [9.17, 15) is 4.39 Å². The van der Waals surface area contributed by atoms with E-state index in [-0.39, 0.29) is 0 Å². The van der Waals surface area contributed by atoms with Crippen LogP contribution in [0.3, 0.4) is 0 Å². The first-order valence-corrected chi connectivity index (χ1v) is 9.10. The molecule has 2 aromatic heterocycles. The van der Waals surface area contributed by atoms with Crippen molar-refractivity contribution < 1.29 is 9.13 Å². The molecule has 1 fully saturated rings. The van der Waals surface area contributed by atoms with E-state index in [1.807, 2.05) is 29.2 Å². The summed E-state index contributed by atoms with van der Waals surface area (Å²) in [5.41, 5.74) is 9.01. The highest BCUT2D eigenvalue weighted by molar-refractivity contribution is 5.80. The van der Waals surface area contributed by atoms with Crippen molar-refractivity contribution in [2.75, 3.05) is 25.1 Å². The molecule has 1 aliphatic heterocycles. The predicted molar refractivity (Wildman–Crippen MR) is 106 cm³/mol. The quantitative estimate of drug-likeness (QED) is 0.705. The first-order chi connectivity index (χ1) is 13.6. The highest BCUT2D eigenvalue weighted by atomic mass is 19.1. The lowest BCUT2D eigenvalue weighted by Gasteiger charge is -2.34. The number of alkyl halides is 1. The number of methoxy groups -OCH3 is 1. The Morgan fingerprint density at radius 3 is 2.89 bits per heavy atom. The maximum absolute atomic E-state index is 13.9. The summed E-state index contributed by atoms with van der Waals surface area (Å²) in [6.07, 6.45) is 0.956. The minimum atomic E-state index is -0.989. The van der Waals surface area contributed by atoms with Gasteiger partial charge in [0.2, 0.25) is 11.6 Å². The lowest BCUT2D eigenvalue weighted by atomic mass is 10.1. The molecule has 8 heteroatoms. The van der Waals surface area contributed by atoms with Crippen LogP contribution in [-0.4, -0.2) is 46.9 Å². The van der Waals surface area contributed by atoms with Crippen molar-refractivity contribution in [3.63, 3.8) is 0 Å². The third kappa shape index (κ3) is 3.37. The van der Waals surface area contributed by atoms with Gasteiger partial charge in [0, 0.05) is 25.4 Å². The Morgan fingerprint density at radius 1 is 1.36 bits per heavy atom. The summed E-state index contributed by atoms with van der Waals surface area (Å²) in [7, 11) is 1.62. The fraction of sp³-hybridized carbons (Fsp3) is 0.350. The van der Waals surface area contributed by atoms with Gasteiger partial charge in [0.25, 0.3) is 0 Å². The first-order valence-electron chi connectivity index (χ1n) is 9.10. The summed E-state index contributed by atoms with van der Waals surface area (Å²) in [5.74, 6) is 1.46. The molecule has 28 heavy (non-hydrogen) atoms. The van der Waals surface area contributed by atoms with Crippen molar-refractivity contribution in [3.05, 3.63) is 53.6 Å². The van der Waals surface area contributed by atoms with Crippen LogP contribution in [0.5, 0.6) is 5.75 Å². The van der Waals surface area contributed by atoms with Gasteiger partial charge in [-0.1, -0.05) is 6.07 Å². The second-order valence-corrected chi connectivity index (χ2v) is 6.89. The van der Waals surface area contributed by atoms with Crippen LogP contribution in [0, 0.1) is 6.57 Å². The number of imidazole rings is 1. The molecule has 7 nitrogen and oxygen atoms in total. The lowest BCUT2D eigenvalue weighted by molar-refractivity contribution is 0.243. The summed E-state index contributed by atoms with van der Waals surface area (Å²) in [4.78, 5) is 14.6. The third-order valence-corrected chi connectivity index (χ3v) is 5.05. The molecule has 3 aromatic rings. The molecule has 0 amide bonds. The van der Waals surface area contributed by atoms with E-state index in [1.54, 1.807) is 19.4 Å². The van der Waals surface area contributed by atoms with Gasteiger partial charge in [-0.3, -0.25) is 4.98 Å². The van der Waals surface area contributed by atoms with E-state index in [0.717, 1.165) is 28.4 Å². The summed E-state index contributed by atoms with van der Waals surface area (Å²) in [6.45, 7) is 8.52. The highest BCUT2D eigenvalue weighted by Crippen LogP contribution is 2.29. The molecule has 2 N–H and O–H groups in total. The van der Waals surface area contributed by atoms with E-state index in [0.29, 0.717) is 31.7 Å². The minimum absolute atomic E-state index is 0.381. The zero-order valence-corrected chi connectivity index (χ0v) is 15.5. The summed E-state index contributed by atoms with van der Waals surface area (Å²) >= 11 is 0. The molecular formula is C20H21FN6O.